The molecule has 1 heterocycles. The van der Waals surface area contributed by atoms with Crippen molar-refractivity contribution in [3.63, 3.8) is 0 Å². The summed E-state index contributed by atoms with van der Waals surface area (Å²) in [6, 6.07) is 6.60. The zero-order chi connectivity index (χ0) is 14.4. The molecular weight excluding hydrogens is 255 g/mol. The van der Waals surface area contributed by atoms with Gasteiger partial charge in [0.25, 0.3) is 0 Å². The van der Waals surface area contributed by atoms with E-state index in [1.807, 2.05) is 11.0 Å². The quantitative estimate of drug-likeness (QED) is 0.866. The molecule has 0 aliphatic carbocycles. The van der Waals surface area contributed by atoms with Gasteiger partial charge in [0.05, 0.1) is 6.04 Å². The summed E-state index contributed by atoms with van der Waals surface area (Å²) in [5, 5.41) is 3.25. The lowest BCUT2D eigenvalue weighted by atomic mass is 10.1. The first-order valence-electron chi connectivity index (χ1n) is 7.47. The molecule has 0 bridgehead atoms. The third-order valence-corrected chi connectivity index (χ3v) is 3.72. The molecule has 4 heteroatoms. The summed E-state index contributed by atoms with van der Waals surface area (Å²) in [4.78, 5) is 14.3. The van der Waals surface area contributed by atoms with Crippen LogP contribution >= 0.6 is 0 Å². The highest BCUT2D eigenvalue weighted by Gasteiger charge is 2.26. The molecule has 20 heavy (non-hydrogen) atoms. The van der Waals surface area contributed by atoms with Crippen molar-refractivity contribution in [2.75, 3.05) is 19.6 Å². The van der Waals surface area contributed by atoms with Gasteiger partial charge in [0.2, 0.25) is 5.91 Å². The summed E-state index contributed by atoms with van der Waals surface area (Å²) in [5.74, 6) is -0.0194. The fourth-order valence-corrected chi connectivity index (χ4v) is 2.67. The van der Waals surface area contributed by atoms with Crippen LogP contribution in [0, 0.1) is 5.82 Å². The zero-order valence-electron chi connectivity index (χ0n) is 12.1. The SMILES string of the molecule is CCCN(CCc1cccc(F)c1)C(=O)C1CCCN1. The van der Waals surface area contributed by atoms with Crippen molar-refractivity contribution < 1.29 is 9.18 Å². The Balaban J connectivity index is 1.93. The maximum absolute atomic E-state index is 13.2. The van der Waals surface area contributed by atoms with Crippen molar-refractivity contribution in [3.05, 3.63) is 35.6 Å². The molecule has 1 aliphatic heterocycles. The lowest BCUT2D eigenvalue weighted by molar-refractivity contribution is -0.133. The molecule has 1 fully saturated rings. The van der Waals surface area contributed by atoms with Crippen LogP contribution in [0.4, 0.5) is 4.39 Å². The molecule has 0 radical (unpaired) electrons. The van der Waals surface area contributed by atoms with E-state index in [1.165, 1.54) is 6.07 Å². The van der Waals surface area contributed by atoms with E-state index in [0.717, 1.165) is 37.9 Å². The number of hydrogen-bond acceptors (Lipinski definition) is 2. The first-order valence-corrected chi connectivity index (χ1v) is 7.47. The van der Waals surface area contributed by atoms with Crippen LogP contribution in [0.15, 0.2) is 24.3 Å². The fourth-order valence-electron chi connectivity index (χ4n) is 2.67. The second kappa shape index (κ2) is 7.39. The fraction of sp³-hybridized carbons (Fsp3) is 0.562. The number of rotatable bonds is 6. The van der Waals surface area contributed by atoms with E-state index in [1.54, 1.807) is 12.1 Å². The Bertz CT molecular complexity index is 444. The molecule has 1 saturated heterocycles. The van der Waals surface area contributed by atoms with Crippen molar-refractivity contribution in [2.45, 2.75) is 38.6 Å². The largest absolute Gasteiger partial charge is 0.341 e. The number of nitrogens with zero attached hydrogens (tertiary/aromatic N) is 1. The Morgan fingerprint density at radius 1 is 1.45 bits per heavy atom. The smallest absolute Gasteiger partial charge is 0.239 e. The van der Waals surface area contributed by atoms with Crippen LogP contribution in [0.5, 0.6) is 0 Å². The molecule has 3 nitrogen and oxygen atoms in total. The summed E-state index contributed by atoms with van der Waals surface area (Å²) < 4.78 is 13.2. The highest BCUT2D eigenvalue weighted by atomic mass is 19.1. The maximum Gasteiger partial charge on any atom is 0.239 e. The van der Waals surface area contributed by atoms with E-state index in [9.17, 15) is 9.18 Å². The van der Waals surface area contributed by atoms with E-state index < -0.39 is 0 Å². The lowest BCUT2D eigenvalue weighted by Crippen LogP contribution is -2.44. The third kappa shape index (κ3) is 4.04. The molecule has 1 N–H and O–H groups in total. The number of hydrogen-bond donors (Lipinski definition) is 1. The first kappa shape index (κ1) is 15.0. The van der Waals surface area contributed by atoms with E-state index >= 15 is 0 Å². The molecule has 1 aliphatic rings. The Morgan fingerprint density at radius 2 is 2.30 bits per heavy atom. The summed E-state index contributed by atoms with van der Waals surface area (Å²) >= 11 is 0. The molecule has 110 valence electrons. The van der Waals surface area contributed by atoms with Crippen LogP contribution in [0.3, 0.4) is 0 Å². The standard InChI is InChI=1S/C16H23FN2O/c1-2-10-19(16(20)15-7-4-9-18-15)11-8-13-5-3-6-14(17)12-13/h3,5-6,12,15,18H,2,4,7-11H2,1H3. The van der Waals surface area contributed by atoms with Crippen molar-refractivity contribution >= 4 is 5.91 Å². The molecule has 1 atom stereocenters. The van der Waals surface area contributed by atoms with Crippen LogP contribution in [-0.4, -0.2) is 36.5 Å². The van der Waals surface area contributed by atoms with Gasteiger partial charge in [-0.2, -0.15) is 0 Å². The Kier molecular flexibility index (Phi) is 5.53. The van der Waals surface area contributed by atoms with Gasteiger partial charge in [-0.05, 0) is 49.9 Å². The number of carbonyl (C=O) groups is 1. The second-order valence-electron chi connectivity index (χ2n) is 5.35. The van der Waals surface area contributed by atoms with Crippen LogP contribution in [0.2, 0.25) is 0 Å². The molecule has 2 rings (SSSR count). The van der Waals surface area contributed by atoms with Crippen LogP contribution in [0.1, 0.15) is 31.7 Å². The van der Waals surface area contributed by atoms with Gasteiger partial charge in [0.1, 0.15) is 5.82 Å². The number of nitrogens with one attached hydrogen (secondary N) is 1. The Labute approximate surface area is 120 Å². The Morgan fingerprint density at radius 3 is 2.95 bits per heavy atom. The van der Waals surface area contributed by atoms with Crippen LogP contribution in [-0.2, 0) is 11.2 Å². The molecule has 1 unspecified atom stereocenters. The van der Waals surface area contributed by atoms with Gasteiger partial charge in [-0.25, -0.2) is 4.39 Å². The van der Waals surface area contributed by atoms with Gasteiger partial charge in [-0.1, -0.05) is 19.1 Å². The highest BCUT2D eigenvalue weighted by molar-refractivity contribution is 5.82. The van der Waals surface area contributed by atoms with Gasteiger partial charge < -0.3 is 10.2 Å². The molecule has 0 saturated carbocycles. The van der Waals surface area contributed by atoms with E-state index in [4.69, 9.17) is 0 Å². The number of benzene rings is 1. The normalized spacial score (nSPS) is 18.2. The number of carbonyl (C=O) groups excluding carboxylic acids is 1. The average Bonchev–Trinajstić information content (AvgIpc) is 2.97. The first-order chi connectivity index (χ1) is 9.70. The lowest BCUT2D eigenvalue weighted by Gasteiger charge is -2.25. The van der Waals surface area contributed by atoms with E-state index in [-0.39, 0.29) is 17.8 Å². The van der Waals surface area contributed by atoms with Crippen molar-refractivity contribution in [2.24, 2.45) is 0 Å². The molecule has 1 aromatic carbocycles. The summed E-state index contributed by atoms with van der Waals surface area (Å²) in [5.41, 5.74) is 0.943. The van der Waals surface area contributed by atoms with Gasteiger partial charge in [0, 0.05) is 13.1 Å². The van der Waals surface area contributed by atoms with Crippen molar-refractivity contribution in [1.29, 1.82) is 0 Å². The predicted molar refractivity (Wildman–Crippen MR) is 78.0 cm³/mol. The minimum Gasteiger partial charge on any atom is -0.341 e. The molecule has 1 aromatic rings. The summed E-state index contributed by atoms with van der Waals surface area (Å²) in [7, 11) is 0. The molecular formula is C16H23FN2O. The molecule has 1 amide bonds. The van der Waals surface area contributed by atoms with Gasteiger partial charge in [-0.3, -0.25) is 4.79 Å². The average molecular weight is 278 g/mol. The summed E-state index contributed by atoms with van der Waals surface area (Å²) in [6.45, 7) is 4.44. The maximum atomic E-state index is 13.2. The number of halogens is 1. The van der Waals surface area contributed by atoms with Gasteiger partial charge in [-0.15, -0.1) is 0 Å². The predicted octanol–water partition coefficient (Wildman–Crippen LogP) is 2.36. The zero-order valence-corrected chi connectivity index (χ0v) is 12.1. The number of amides is 1. The van der Waals surface area contributed by atoms with E-state index in [2.05, 4.69) is 12.2 Å². The van der Waals surface area contributed by atoms with Gasteiger partial charge >= 0.3 is 0 Å². The molecule has 0 spiro atoms. The minimum absolute atomic E-state index is 0.0194. The molecule has 0 aromatic heterocycles. The van der Waals surface area contributed by atoms with Gasteiger partial charge in [0.15, 0.2) is 0 Å². The van der Waals surface area contributed by atoms with Crippen LogP contribution in [0.25, 0.3) is 0 Å². The third-order valence-electron chi connectivity index (χ3n) is 3.72. The van der Waals surface area contributed by atoms with Crippen molar-refractivity contribution in [3.8, 4) is 0 Å². The Hall–Kier alpha value is -1.42. The second-order valence-corrected chi connectivity index (χ2v) is 5.35. The highest BCUT2D eigenvalue weighted by Crippen LogP contribution is 2.11. The van der Waals surface area contributed by atoms with E-state index in [0.29, 0.717) is 13.0 Å². The van der Waals surface area contributed by atoms with Crippen molar-refractivity contribution in [1.82, 2.24) is 10.2 Å². The topological polar surface area (TPSA) is 32.3 Å². The minimum atomic E-state index is -0.215. The van der Waals surface area contributed by atoms with Crippen LogP contribution < -0.4 is 5.32 Å². The summed E-state index contributed by atoms with van der Waals surface area (Å²) in [6.07, 6.45) is 3.65. The monoisotopic (exact) mass is 278 g/mol.